The summed E-state index contributed by atoms with van der Waals surface area (Å²) in [7, 11) is 0. The van der Waals surface area contributed by atoms with E-state index in [1.54, 1.807) is 12.1 Å². The van der Waals surface area contributed by atoms with Crippen molar-refractivity contribution in [2.45, 2.75) is 18.2 Å². The Morgan fingerprint density at radius 2 is 1.88 bits per heavy atom. The Labute approximate surface area is 105 Å². The third-order valence-corrected chi connectivity index (χ3v) is 3.50. The number of hydrogen-bond donors (Lipinski definition) is 0. The molecule has 1 aliphatic rings. The topological polar surface area (TPSA) is 26.3 Å². The third-order valence-electron chi connectivity index (χ3n) is 3.04. The van der Waals surface area contributed by atoms with E-state index >= 15 is 0 Å². The molecule has 0 amide bonds. The van der Waals surface area contributed by atoms with Crippen LogP contribution in [0.1, 0.15) is 23.8 Å². The first-order valence-corrected chi connectivity index (χ1v) is 6.13. The highest BCUT2D eigenvalue weighted by Gasteiger charge is 2.28. The number of carbonyl (C=O) groups excluding carboxylic acids is 1. The average molecular weight is 257 g/mol. The predicted octanol–water partition coefficient (Wildman–Crippen LogP) is 3.10. The SMILES string of the molecule is O=C(C1CCOCC1)C(Cl)c1ccc(F)cc1. The van der Waals surface area contributed by atoms with Gasteiger partial charge in [-0.25, -0.2) is 4.39 Å². The van der Waals surface area contributed by atoms with Gasteiger partial charge in [0.05, 0.1) is 0 Å². The summed E-state index contributed by atoms with van der Waals surface area (Å²) in [5, 5.41) is -0.682. The molecule has 17 heavy (non-hydrogen) atoms. The number of carbonyl (C=O) groups is 1. The fraction of sp³-hybridized carbons (Fsp3) is 0.462. The molecule has 0 aliphatic carbocycles. The summed E-state index contributed by atoms with van der Waals surface area (Å²) in [5.41, 5.74) is 0.657. The molecule has 1 atom stereocenters. The third kappa shape index (κ3) is 3.05. The molecule has 1 heterocycles. The second-order valence-corrected chi connectivity index (χ2v) is 4.64. The van der Waals surface area contributed by atoms with Gasteiger partial charge >= 0.3 is 0 Å². The van der Waals surface area contributed by atoms with Crippen molar-refractivity contribution >= 4 is 17.4 Å². The maximum atomic E-state index is 12.8. The van der Waals surface area contributed by atoms with E-state index in [0.29, 0.717) is 18.8 Å². The van der Waals surface area contributed by atoms with E-state index in [-0.39, 0.29) is 17.5 Å². The first-order valence-electron chi connectivity index (χ1n) is 5.69. The highest BCUT2D eigenvalue weighted by Crippen LogP contribution is 2.29. The average Bonchev–Trinajstić information content (AvgIpc) is 2.39. The first-order chi connectivity index (χ1) is 8.18. The van der Waals surface area contributed by atoms with Gasteiger partial charge in [-0.1, -0.05) is 12.1 Å². The predicted molar refractivity (Wildman–Crippen MR) is 63.5 cm³/mol. The van der Waals surface area contributed by atoms with Gasteiger partial charge in [-0.2, -0.15) is 0 Å². The lowest BCUT2D eigenvalue weighted by Crippen LogP contribution is -2.26. The van der Waals surface area contributed by atoms with E-state index in [1.807, 2.05) is 0 Å². The summed E-state index contributed by atoms with van der Waals surface area (Å²) >= 11 is 6.13. The Hall–Kier alpha value is -0.930. The number of benzene rings is 1. The highest BCUT2D eigenvalue weighted by molar-refractivity contribution is 6.31. The van der Waals surface area contributed by atoms with Crippen LogP contribution in [0, 0.1) is 11.7 Å². The Morgan fingerprint density at radius 3 is 2.47 bits per heavy atom. The molecule has 4 heteroatoms. The fourth-order valence-corrected chi connectivity index (χ4v) is 2.31. The van der Waals surface area contributed by atoms with Crippen LogP contribution < -0.4 is 0 Å². The van der Waals surface area contributed by atoms with Crippen LogP contribution in [0.3, 0.4) is 0 Å². The largest absolute Gasteiger partial charge is 0.381 e. The number of Topliss-reactive ketones (excluding diaryl/α,β-unsaturated/α-hetero) is 1. The van der Waals surface area contributed by atoms with E-state index in [9.17, 15) is 9.18 Å². The normalized spacial score (nSPS) is 18.9. The van der Waals surface area contributed by atoms with Crippen molar-refractivity contribution in [2.24, 2.45) is 5.92 Å². The van der Waals surface area contributed by atoms with Crippen molar-refractivity contribution in [1.29, 1.82) is 0 Å². The second-order valence-electron chi connectivity index (χ2n) is 4.20. The summed E-state index contributed by atoms with van der Waals surface area (Å²) in [6, 6.07) is 5.76. The zero-order chi connectivity index (χ0) is 12.3. The molecule has 0 spiro atoms. The maximum absolute atomic E-state index is 12.8. The lowest BCUT2D eigenvalue weighted by molar-refractivity contribution is -0.125. The van der Waals surface area contributed by atoms with Crippen LogP contribution in [0.25, 0.3) is 0 Å². The zero-order valence-corrected chi connectivity index (χ0v) is 10.1. The Balaban J connectivity index is 2.05. The van der Waals surface area contributed by atoms with Gasteiger partial charge in [-0.3, -0.25) is 4.79 Å². The van der Waals surface area contributed by atoms with Crippen molar-refractivity contribution in [1.82, 2.24) is 0 Å². The van der Waals surface area contributed by atoms with Crippen LogP contribution in [0.4, 0.5) is 4.39 Å². The molecule has 1 unspecified atom stereocenters. The van der Waals surface area contributed by atoms with Gasteiger partial charge in [0.25, 0.3) is 0 Å². The molecule has 1 aromatic rings. The molecule has 1 fully saturated rings. The van der Waals surface area contributed by atoms with Crippen molar-refractivity contribution in [3.63, 3.8) is 0 Å². The van der Waals surface area contributed by atoms with Crippen molar-refractivity contribution in [3.8, 4) is 0 Å². The number of alkyl halides is 1. The van der Waals surface area contributed by atoms with E-state index in [4.69, 9.17) is 16.3 Å². The van der Waals surface area contributed by atoms with Crippen LogP contribution in [0.5, 0.6) is 0 Å². The minimum atomic E-state index is -0.682. The van der Waals surface area contributed by atoms with Crippen molar-refractivity contribution in [2.75, 3.05) is 13.2 Å². The number of ether oxygens (including phenoxy) is 1. The summed E-state index contributed by atoms with van der Waals surface area (Å²) in [6.07, 6.45) is 1.45. The minimum absolute atomic E-state index is 0.0153. The monoisotopic (exact) mass is 256 g/mol. The van der Waals surface area contributed by atoms with Gasteiger partial charge in [0, 0.05) is 19.1 Å². The lowest BCUT2D eigenvalue weighted by Gasteiger charge is -2.23. The number of ketones is 1. The molecule has 0 bridgehead atoms. The van der Waals surface area contributed by atoms with Gasteiger partial charge in [-0.05, 0) is 30.5 Å². The molecule has 1 aliphatic heterocycles. The van der Waals surface area contributed by atoms with Crippen molar-refractivity contribution in [3.05, 3.63) is 35.6 Å². The number of hydrogen-bond acceptors (Lipinski definition) is 2. The molecule has 92 valence electrons. The lowest BCUT2D eigenvalue weighted by atomic mass is 9.91. The molecule has 0 aromatic heterocycles. The van der Waals surface area contributed by atoms with Gasteiger partial charge in [0.2, 0.25) is 0 Å². The fourth-order valence-electron chi connectivity index (χ4n) is 1.99. The van der Waals surface area contributed by atoms with Gasteiger partial charge in [0.15, 0.2) is 5.78 Å². The molecule has 2 nitrogen and oxygen atoms in total. The van der Waals surface area contributed by atoms with Crippen LogP contribution >= 0.6 is 11.6 Å². The smallest absolute Gasteiger partial charge is 0.158 e. The molecule has 2 rings (SSSR count). The molecule has 0 radical (unpaired) electrons. The standard InChI is InChI=1S/C13H14ClFO2/c14-12(9-1-3-11(15)4-2-9)13(16)10-5-7-17-8-6-10/h1-4,10,12H,5-8H2. The van der Waals surface area contributed by atoms with Crippen LogP contribution in [-0.4, -0.2) is 19.0 Å². The Morgan fingerprint density at radius 1 is 1.29 bits per heavy atom. The molecular formula is C13H14ClFO2. The second kappa shape index (κ2) is 5.61. The Bertz CT molecular complexity index is 385. The quantitative estimate of drug-likeness (QED) is 0.777. The summed E-state index contributed by atoms with van der Waals surface area (Å²) in [5.74, 6) is -0.339. The van der Waals surface area contributed by atoms with Crippen LogP contribution in [-0.2, 0) is 9.53 Å². The molecular weight excluding hydrogens is 243 g/mol. The van der Waals surface area contributed by atoms with Gasteiger partial charge in [-0.15, -0.1) is 11.6 Å². The van der Waals surface area contributed by atoms with E-state index < -0.39 is 5.38 Å². The van der Waals surface area contributed by atoms with Gasteiger partial charge in [0.1, 0.15) is 11.2 Å². The molecule has 1 aromatic carbocycles. The molecule has 0 N–H and O–H groups in total. The summed E-state index contributed by atoms with van der Waals surface area (Å²) in [6.45, 7) is 1.23. The van der Waals surface area contributed by atoms with Crippen molar-refractivity contribution < 1.29 is 13.9 Å². The van der Waals surface area contributed by atoms with Crippen LogP contribution in [0.15, 0.2) is 24.3 Å². The first kappa shape index (κ1) is 12.5. The van der Waals surface area contributed by atoms with Crippen LogP contribution in [0.2, 0.25) is 0 Å². The Kier molecular flexibility index (Phi) is 4.13. The summed E-state index contributed by atoms with van der Waals surface area (Å²) in [4.78, 5) is 12.1. The van der Waals surface area contributed by atoms with E-state index in [2.05, 4.69) is 0 Å². The number of halogens is 2. The maximum Gasteiger partial charge on any atom is 0.158 e. The van der Waals surface area contributed by atoms with E-state index in [1.165, 1.54) is 12.1 Å². The molecule has 0 saturated carbocycles. The highest BCUT2D eigenvalue weighted by atomic mass is 35.5. The molecule has 1 saturated heterocycles. The van der Waals surface area contributed by atoms with Gasteiger partial charge < -0.3 is 4.74 Å². The van der Waals surface area contributed by atoms with E-state index in [0.717, 1.165) is 12.8 Å². The zero-order valence-electron chi connectivity index (χ0n) is 9.36. The minimum Gasteiger partial charge on any atom is -0.381 e. The number of rotatable bonds is 3. The summed E-state index contributed by atoms with van der Waals surface area (Å²) < 4.78 is 18.0.